The lowest BCUT2D eigenvalue weighted by Crippen LogP contribution is -2.59. The topological polar surface area (TPSA) is 61.4 Å². The number of carbonyl (C=O) groups is 1. The van der Waals surface area contributed by atoms with Gasteiger partial charge in [-0.15, -0.1) is 0 Å². The van der Waals surface area contributed by atoms with Gasteiger partial charge in [0.05, 0.1) is 18.1 Å². The van der Waals surface area contributed by atoms with Crippen LogP contribution in [0.3, 0.4) is 0 Å². The molecular formula is C12H22N2O2. The molecule has 0 radical (unpaired) electrons. The van der Waals surface area contributed by atoms with Crippen molar-refractivity contribution in [2.45, 2.75) is 38.1 Å². The van der Waals surface area contributed by atoms with Crippen molar-refractivity contribution < 1.29 is 9.90 Å². The molecule has 2 atom stereocenters. The van der Waals surface area contributed by atoms with Crippen LogP contribution in [0, 0.1) is 11.8 Å². The highest BCUT2D eigenvalue weighted by Crippen LogP contribution is 2.32. The minimum atomic E-state index is -0.343. The lowest BCUT2D eigenvalue weighted by molar-refractivity contribution is -0.129. The SMILES string of the molecule is CC1CCCC(CO)(NC(=O)C2CNC2)C1. The van der Waals surface area contributed by atoms with Gasteiger partial charge in [0.15, 0.2) is 0 Å². The van der Waals surface area contributed by atoms with Gasteiger partial charge in [-0.1, -0.05) is 19.8 Å². The first-order valence-electron chi connectivity index (χ1n) is 6.29. The first-order chi connectivity index (χ1) is 7.65. The van der Waals surface area contributed by atoms with E-state index in [9.17, 15) is 9.90 Å². The summed E-state index contributed by atoms with van der Waals surface area (Å²) in [6.07, 6.45) is 4.14. The Bertz CT molecular complexity index is 266. The van der Waals surface area contributed by atoms with Crippen molar-refractivity contribution in [3.63, 3.8) is 0 Å². The Balaban J connectivity index is 1.94. The van der Waals surface area contributed by atoms with Crippen molar-refractivity contribution in [3.05, 3.63) is 0 Å². The molecule has 2 aliphatic rings. The van der Waals surface area contributed by atoms with E-state index < -0.39 is 0 Å². The molecule has 0 bridgehead atoms. The maximum absolute atomic E-state index is 11.9. The first-order valence-corrected chi connectivity index (χ1v) is 6.29. The van der Waals surface area contributed by atoms with E-state index in [-0.39, 0.29) is 24.0 Å². The molecule has 1 aliphatic heterocycles. The van der Waals surface area contributed by atoms with Crippen LogP contribution in [-0.4, -0.2) is 36.2 Å². The van der Waals surface area contributed by atoms with Crippen molar-refractivity contribution in [3.8, 4) is 0 Å². The zero-order chi connectivity index (χ0) is 11.6. The van der Waals surface area contributed by atoms with E-state index >= 15 is 0 Å². The van der Waals surface area contributed by atoms with Crippen molar-refractivity contribution in [1.82, 2.24) is 10.6 Å². The summed E-state index contributed by atoms with van der Waals surface area (Å²) in [5, 5.41) is 15.7. The molecule has 1 heterocycles. The van der Waals surface area contributed by atoms with Crippen LogP contribution in [0.2, 0.25) is 0 Å². The monoisotopic (exact) mass is 226 g/mol. The van der Waals surface area contributed by atoms with E-state index in [1.165, 1.54) is 6.42 Å². The average molecular weight is 226 g/mol. The zero-order valence-corrected chi connectivity index (χ0v) is 9.96. The van der Waals surface area contributed by atoms with Crippen LogP contribution in [0.15, 0.2) is 0 Å². The summed E-state index contributed by atoms with van der Waals surface area (Å²) < 4.78 is 0. The number of aliphatic hydroxyl groups is 1. The highest BCUT2D eigenvalue weighted by molar-refractivity contribution is 5.80. The zero-order valence-electron chi connectivity index (χ0n) is 9.96. The Morgan fingerprint density at radius 2 is 2.31 bits per heavy atom. The second kappa shape index (κ2) is 4.72. The summed E-state index contributed by atoms with van der Waals surface area (Å²) >= 11 is 0. The second-order valence-corrected chi connectivity index (χ2v) is 5.48. The molecule has 2 rings (SSSR count). The average Bonchev–Trinajstić information content (AvgIpc) is 2.14. The molecule has 1 saturated heterocycles. The van der Waals surface area contributed by atoms with Gasteiger partial charge in [-0.25, -0.2) is 0 Å². The molecule has 0 aromatic carbocycles. The Morgan fingerprint density at radius 3 is 2.81 bits per heavy atom. The van der Waals surface area contributed by atoms with Crippen molar-refractivity contribution in [1.29, 1.82) is 0 Å². The fraction of sp³-hybridized carbons (Fsp3) is 0.917. The summed E-state index contributed by atoms with van der Waals surface area (Å²) in [7, 11) is 0. The van der Waals surface area contributed by atoms with E-state index in [0.717, 1.165) is 32.4 Å². The van der Waals surface area contributed by atoms with Crippen LogP contribution in [0.5, 0.6) is 0 Å². The number of rotatable bonds is 3. The van der Waals surface area contributed by atoms with Crippen molar-refractivity contribution in [2.75, 3.05) is 19.7 Å². The molecule has 4 nitrogen and oxygen atoms in total. The molecule has 2 unspecified atom stereocenters. The van der Waals surface area contributed by atoms with Gasteiger partial charge >= 0.3 is 0 Å². The number of carbonyl (C=O) groups excluding carboxylic acids is 1. The van der Waals surface area contributed by atoms with Crippen LogP contribution >= 0.6 is 0 Å². The van der Waals surface area contributed by atoms with E-state index in [1.54, 1.807) is 0 Å². The Hall–Kier alpha value is -0.610. The molecule has 2 fully saturated rings. The van der Waals surface area contributed by atoms with Gasteiger partial charge in [-0.2, -0.15) is 0 Å². The molecule has 0 aromatic rings. The number of nitrogens with one attached hydrogen (secondary N) is 2. The highest BCUT2D eigenvalue weighted by Gasteiger charge is 2.38. The third-order valence-electron chi connectivity index (χ3n) is 3.93. The lowest BCUT2D eigenvalue weighted by Gasteiger charge is -2.41. The van der Waals surface area contributed by atoms with Gasteiger partial charge in [0, 0.05) is 13.1 Å². The predicted octanol–water partition coefficient (Wildman–Crippen LogP) is 0.263. The van der Waals surface area contributed by atoms with Crippen molar-refractivity contribution in [2.24, 2.45) is 11.8 Å². The van der Waals surface area contributed by atoms with Crippen LogP contribution < -0.4 is 10.6 Å². The quantitative estimate of drug-likeness (QED) is 0.647. The van der Waals surface area contributed by atoms with Crippen LogP contribution in [0.25, 0.3) is 0 Å². The van der Waals surface area contributed by atoms with E-state index in [0.29, 0.717) is 5.92 Å². The third-order valence-corrected chi connectivity index (χ3v) is 3.93. The largest absolute Gasteiger partial charge is 0.394 e. The Morgan fingerprint density at radius 1 is 1.56 bits per heavy atom. The lowest BCUT2D eigenvalue weighted by atomic mass is 9.76. The first kappa shape index (κ1) is 11.9. The molecule has 92 valence electrons. The van der Waals surface area contributed by atoms with Gasteiger partial charge in [0.1, 0.15) is 0 Å². The molecule has 1 aliphatic carbocycles. The summed E-state index contributed by atoms with van der Waals surface area (Å²) in [6, 6.07) is 0. The van der Waals surface area contributed by atoms with E-state index in [4.69, 9.17) is 0 Å². The van der Waals surface area contributed by atoms with Gasteiger partial charge in [-0.05, 0) is 18.8 Å². The number of aliphatic hydroxyl groups excluding tert-OH is 1. The maximum Gasteiger partial charge on any atom is 0.226 e. The fourth-order valence-electron chi connectivity index (χ4n) is 2.79. The molecule has 1 saturated carbocycles. The summed E-state index contributed by atoms with van der Waals surface area (Å²) in [4.78, 5) is 11.9. The predicted molar refractivity (Wildman–Crippen MR) is 62.0 cm³/mol. The van der Waals surface area contributed by atoms with Crippen molar-refractivity contribution >= 4 is 5.91 Å². The van der Waals surface area contributed by atoms with Crippen LogP contribution in [-0.2, 0) is 4.79 Å². The number of hydrogen-bond donors (Lipinski definition) is 3. The van der Waals surface area contributed by atoms with Crippen LogP contribution in [0.1, 0.15) is 32.6 Å². The molecule has 16 heavy (non-hydrogen) atoms. The van der Waals surface area contributed by atoms with E-state index in [2.05, 4.69) is 17.6 Å². The highest BCUT2D eigenvalue weighted by atomic mass is 16.3. The number of amides is 1. The summed E-state index contributed by atoms with van der Waals surface area (Å²) in [5.41, 5.74) is -0.343. The van der Waals surface area contributed by atoms with Gasteiger partial charge in [-0.3, -0.25) is 4.79 Å². The second-order valence-electron chi connectivity index (χ2n) is 5.48. The molecule has 4 heteroatoms. The van der Waals surface area contributed by atoms with E-state index in [1.807, 2.05) is 0 Å². The molecular weight excluding hydrogens is 204 g/mol. The summed E-state index contributed by atoms with van der Waals surface area (Å²) in [6.45, 7) is 3.83. The molecule has 3 N–H and O–H groups in total. The standard InChI is InChI=1S/C12H22N2O2/c1-9-3-2-4-12(5-9,8-15)14-11(16)10-6-13-7-10/h9-10,13,15H,2-8H2,1H3,(H,14,16). The normalized spacial score (nSPS) is 35.5. The Labute approximate surface area is 96.8 Å². The van der Waals surface area contributed by atoms with Gasteiger partial charge in [0.2, 0.25) is 5.91 Å². The third kappa shape index (κ3) is 2.38. The maximum atomic E-state index is 11.9. The number of hydrogen-bond acceptors (Lipinski definition) is 3. The minimum absolute atomic E-state index is 0.0726. The Kier molecular flexibility index (Phi) is 3.50. The summed E-state index contributed by atoms with van der Waals surface area (Å²) in [5.74, 6) is 0.822. The van der Waals surface area contributed by atoms with Crippen LogP contribution in [0.4, 0.5) is 0 Å². The fourth-order valence-corrected chi connectivity index (χ4v) is 2.79. The smallest absolute Gasteiger partial charge is 0.226 e. The molecule has 1 amide bonds. The van der Waals surface area contributed by atoms with Gasteiger partial charge in [0.25, 0.3) is 0 Å². The van der Waals surface area contributed by atoms with Gasteiger partial charge < -0.3 is 15.7 Å². The molecule has 0 spiro atoms. The minimum Gasteiger partial charge on any atom is -0.394 e. The molecule has 0 aromatic heterocycles.